The maximum Gasteiger partial charge on any atom is 0.233 e. The topological polar surface area (TPSA) is 64.2 Å². The van der Waals surface area contributed by atoms with Crippen LogP contribution in [0.5, 0.6) is 0 Å². The van der Waals surface area contributed by atoms with E-state index in [1.165, 1.54) is 18.2 Å². The molecule has 7 heteroatoms. The van der Waals surface area contributed by atoms with Crippen LogP contribution in [-0.4, -0.2) is 43.9 Å². The summed E-state index contributed by atoms with van der Waals surface area (Å²) in [4.78, 5) is 14.6. The molecule has 1 fully saturated rings. The van der Waals surface area contributed by atoms with Gasteiger partial charge in [0, 0.05) is 19.6 Å². The SMILES string of the molecule is CCC1CCCCN1C(=O)CSc1nnc(-c2ccoc2C)n1C. The second kappa shape index (κ2) is 7.42. The third-order valence-electron chi connectivity index (χ3n) is 4.68. The Bertz CT molecular complexity index is 709. The number of hydrogen-bond acceptors (Lipinski definition) is 5. The van der Waals surface area contributed by atoms with Gasteiger partial charge in [-0.05, 0) is 38.7 Å². The second-order valence-electron chi connectivity index (χ2n) is 6.19. The van der Waals surface area contributed by atoms with Crippen LogP contribution < -0.4 is 0 Å². The second-order valence-corrected chi connectivity index (χ2v) is 7.13. The number of piperidine rings is 1. The Hall–Kier alpha value is -1.76. The van der Waals surface area contributed by atoms with Crippen molar-refractivity contribution in [2.75, 3.05) is 12.3 Å². The predicted octanol–water partition coefficient (Wildman–Crippen LogP) is 3.27. The molecular weight excluding hydrogens is 324 g/mol. The van der Waals surface area contributed by atoms with Gasteiger partial charge >= 0.3 is 0 Å². The third-order valence-corrected chi connectivity index (χ3v) is 5.68. The van der Waals surface area contributed by atoms with E-state index < -0.39 is 0 Å². The largest absolute Gasteiger partial charge is 0.469 e. The van der Waals surface area contributed by atoms with E-state index >= 15 is 0 Å². The summed E-state index contributed by atoms with van der Waals surface area (Å²) in [6.07, 6.45) is 6.15. The number of aromatic nitrogens is 3. The van der Waals surface area contributed by atoms with Gasteiger partial charge < -0.3 is 13.9 Å². The number of carbonyl (C=O) groups excluding carboxylic acids is 1. The van der Waals surface area contributed by atoms with Crippen LogP contribution in [0.2, 0.25) is 0 Å². The van der Waals surface area contributed by atoms with Gasteiger partial charge in [-0.15, -0.1) is 10.2 Å². The monoisotopic (exact) mass is 348 g/mol. The van der Waals surface area contributed by atoms with Crippen LogP contribution in [0.15, 0.2) is 21.9 Å². The Morgan fingerprint density at radius 3 is 2.96 bits per heavy atom. The van der Waals surface area contributed by atoms with Gasteiger partial charge in [0.05, 0.1) is 17.6 Å². The van der Waals surface area contributed by atoms with Gasteiger partial charge in [0.2, 0.25) is 5.91 Å². The molecule has 0 aliphatic carbocycles. The molecule has 0 N–H and O–H groups in total. The molecule has 2 aromatic heterocycles. The van der Waals surface area contributed by atoms with E-state index in [2.05, 4.69) is 17.1 Å². The van der Waals surface area contributed by atoms with Crippen molar-refractivity contribution in [2.24, 2.45) is 7.05 Å². The van der Waals surface area contributed by atoms with Crippen molar-refractivity contribution in [3.8, 4) is 11.4 Å². The number of hydrogen-bond donors (Lipinski definition) is 0. The van der Waals surface area contributed by atoms with Gasteiger partial charge in [0.25, 0.3) is 0 Å². The molecule has 24 heavy (non-hydrogen) atoms. The van der Waals surface area contributed by atoms with E-state index in [1.807, 2.05) is 29.5 Å². The van der Waals surface area contributed by atoms with E-state index in [-0.39, 0.29) is 5.91 Å². The van der Waals surface area contributed by atoms with Gasteiger partial charge in [-0.3, -0.25) is 4.79 Å². The van der Waals surface area contributed by atoms with Gasteiger partial charge in [-0.1, -0.05) is 18.7 Å². The fourth-order valence-corrected chi connectivity index (χ4v) is 4.05. The summed E-state index contributed by atoms with van der Waals surface area (Å²) >= 11 is 1.45. The molecule has 0 saturated carbocycles. The van der Waals surface area contributed by atoms with Crippen LogP contribution >= 0.6 is 11.8 Å². The highest BCUT2D eigenvalue weighted by atomic mass is 32.2. The molecular formula is C17H24N4O2S. The Labute approximate surface area is 146 Å². The highest BCUT2D eigenvalue weighted by Gasteiger charge is 2.25. The molecule has 0 aromatic carbocycles. The summed E-state index contributed by atoms with van der Waals surface area (Å²) in [5.41, 5.74) is 0.935. The molecule has 3 heterocycles. The number of amides is 1. The maximum atomic E-state index is 12.6. The lowest BCUT2D eigenvalue weighted by Gasteiger charge is -2.35. The van der Waals surface area contributed by atoms with Crippen LogP contribution in [-0.2, 0) is 11.8 Å². The maximum absolute atomic E-state index is 12.6. The Kier molecular flexibility index (Phi) is 5.28. The van der Waals surface area contributed by atoms with Crippen LogP contribution in [0.4, 0.5) is 0 Å². The first-order valence-corrected chi connectivity index (χ1v) is 9.46. The lowest BCUT2D eigenvalue weighted by Crippen LogP contribution is -2.44. The summed E-state index contributed by atoms with van der Waals surface area (Å²) in [6, 6.07) is 2.29. The van der Waals surface area contributed by atoms with Crippen LogP contribution in [0.3, 0.4) is 0 Å². The molecule has 1 amide bonds. The number of likely N-dealkylation sites (tertiary alicyclic amines) is 1. The van der Waals surface area contributed by atoms with Crippen molar-refractivity contribution in [1.29, 1.82) is 0 Å². The van der Waals surface area contributed by atoms with Gasteiger partial charge in [0.15, 0.2) is 11.0 Å². The molecule has 1 saturated heterocycles. The predicted molar refractivity (Wildman–Crippen MR) is 93.8 cm³/mol. The summed E-state index contributed by atoms with van der Waals surface area (Å²) in [5, 5.41) is 9.23. The highest BCUT2D eigenvalue weighted by molar-refractivity contribution is 7.99. The average molecular weight is 348 g/mol. The van der Waals surface area contributed by atoms with Gasteiger partial charge in [-0.2, -0.15) is 0 Å². The summed E-state index contributed by atoms with van der Waals surface area (Å²) in [6.45, 7) is 4.95. The molecule has 1 atom stereocenters. The quantitative estimate of drug-likeness (QED) is 0.776. The van der Waals surface area contributed by atoms with E-state index in [4.69, 9.17) is 4.42 Å². The number of furan rings is 1. The van der Waals surface area contributed by atoms with Gasteiger partial charge in [-0.25, -0.2) is 0 Å². The first-order chi connectivity index (χ1) is 11.6. The lowest BCUT2D eigenvalue weighted by atomic mass is 10.0. The lowest BCUT2D eigenvalue weighted by molar-refractivity contribution is -0.132. The van der Waals surface area contributed by atoms with Crippen molar-refractivity contribution in [2.45, 2.75) is 50.7 Å². The molecule has 0 spiro atoms. The third kappa shape index (κ3) is 3.36. The molecule has 0 bridgehead atoms. The van der Waals surface area contributed by atoms with Crippen molar-refractivity contribution in [1.82, 2.24) is 19.7 Å². The van der Waals surface area contributed by atoms with E-state index in [1.54, 1.807) is 6.26 Å². The number of nitrogens with zero attached hydrogens (tertiary/aromatic N) is 4. The number of thioether (sulfide) groups is 1. The number of aryl methyl sites for hydroxylation is 1. The van der Waals surface area contributed by atoms with Crippen molar-refractivity contribution >= 4 is 17.7 Å². The average Bonchev–Trinajstić information content (AvgIpc) is 3.18. The molecule has 0 radical (unpaired) electrons. The minimum absolute atomic E-state index is 0.204. The molecule has 6 nitrogen and oxygen atoms in total. The van der Waals surface area contributed by atoms with Crippen LogP contribution in [0.25, 0.3) is 11.4 Å². The van der Waals surface area contributed by atoms with E-state index in [9.17, 15) is 4.79 Å². The molecule has 130 valence electrons. The molecule has 1 aliphatic heterocycles. The highest BCUT2D eigenvalue weighted by Crippen LogP contribution is 2.27. The van der Waals surface area contributed by atoms with E-state index in [0.29, 0.717) is 11.8 Å². The molecule has 1 unspecified atom stereocenters. The fraction of sp³-hybridized carbons (Fsp3) is 0.588. The zero-order valence-corrected chi connectivity index (χ0v) is 15.3. The van der Waals surface area contributed by atoms with Crippen LogP contribution in [0, 0.1) is 6.92 Å². The van der Waals surface area contributed by atoms with Gasteiger partial charge in [0.1, 0.15) is 5.76 Å². The first kappa shape index (κ1) is 17.1. The minimum atomic E-state index is 0.204. The van der Waals surface area contributed by atoms with Crippen molar-refractivity contribution in [3.05, 3.63) is 18.1 Å². The smallest absolute Gasteiger partial charge is 0.233 e. The standard InChI is InChI=1S/C17H24N4O2S/c1-4-13-7-5-6-9-21(13)15(22)11-24-17-19-18-16(20(17)3)14-8-10-23-12(14)2/h8,10,13H,4-7,9,11H2,1-3H3. The minimum Gasteiger partial charge on any atom is -0.469 e. The molecule has 2 aromatic rings. The van der Waals surface area contributed by atoms with E-state index in [0.717, 1.165) is 48.1 Å². The Morgan fingerprint density at radius 1 is 1.42 bits per heavy atom. The Morgan fingerprint density at radius 2 is 2.25 bits per heavy atom. The molecule has 3 rings (SSSR count). The zero-order chi connectivity index (χ0) is 17.1. The summed E-state index contributed by atoms with van der Waals surface area (Å²) in [5.74, 6) is 2.20. The van der Waals surface area contributed by atoms with Crippen LogP contribution in [0.1, 0.15) is 38.4 Å². The number of carbonyl (C=O) groups is 1. The molecule has 1 aliphatic rings. The van der Waals surface area contributed by atoms with Crippen molar-refractivity contribution < 1.29 is 9.21 Å². The number of rotatable bonds is 5. The fourth-order valence-electron chi connectivity index (χ4n) is 3.25. The first-order valence-electron chi connectivity index (χ1n) is 8.48. The van der Waals surface area contributed by atoms with Crippen molar-refractivity contribution in [3.63, 3.8) is 0 Å². The zero-order valence-electron chi connectivity index (χ0n) is 14.5. The Balaban J connectivity index is 1.66. The summed E-state index contributed by atoms with van der Waals surface area (Å²) < 4.78 is 7.26. The normalized spacial score (nSPS) is 18.1. The summed E-state index contributed by atoms with van der Waals surface area (Å²) in [7, 11) is 1.92.